The Morgan fingerprint density at radius 3 is 2.60 bits per heavy atom. The molecule has 4 rings (SSSR count). The zero-order valence-electron chi connectivity index (χ0n) is 15.8. The van der Waals surface area contributed by atoms with E-state index in [4.69, 9.17) is 11.6 Å². The maximum atomic E-state index is 12.9. The Hall–Kier alpha value is -2.21. The average molecular weight is 486 g/mol. The Labute approximate surface area is 182 Å². The molecular formula is C18H16ClN3O5S3. The summed E-state index contributed by atoms with van der Waals surface area (Å²) < 4.78 is 54.2. The highest BCUT2D eigenvalue weighted by Gasteiger charge is 2.42. The van der Waals surface area contributed by atoms with E-state index in [1.54, 1.807) is 25.1 Å². The molecule has 8 nitrogen and oxygen atoms in total. The van der Waals surface area contributed by atoms with Crippen molar-refractivity contribution in [3.63, 3.8) is 0 Å². The van der Waals surface area contributed by atoms with E-state index in [1.165, 1.54) is 25.1 Å². The molecule has 2 aromatic carbocycles. The molecule has 12 heteroatoms. The number of carbonyl (C=O) groups excluding carboxylic acids is 1. The summed E-state index contributed by atoms with van der Waals surface area (Å²) >= 11 is 7.10. The van der Waals surface area contributed by atoms with E-state index in [2.05, 4.69) is 9.71 Å². The van der Waals surface area contributed by atoms with Crippen LogP contribution in [0.5, 0.6) is 0 Å². The predicted octanol–water partition coefficient (Wildman–Crippen LogP) is 3.37. The summed E-state index contributed by atoms with van der Waals surface area (Å²) in [5.74, 6) is -1.45. The lowest BCUT2D eigenvalue weighted by Crippen LogP contribution is -2.30. The first kappa shape index (κ1) is 21.0. The molecule has 30 heavy (non-hydrogen) atoms. The van der Waals surface area contributed by atoms with Crippen LogP contribution in [0.2, 0.25) is 5.02 Å². The first-order valence-electron chi connectivity index (χ1n) is 8.74. The molecule has 0 spiro atoms. The van der Waals surface area contributed by atoms with Crippen molar-refractivity contribution in [3.8, 4) is 0 Å². The summed E-state index contributed by atoms with van der Waals surface area (Å²) in [5, 5.41) is 0.703. The van der Waals surface area contributed by atoms with Gasteiger partial charge in [-0.25, -0.2) is 26.1 Å². The van der Waals surface area contributed by atoms with Gasteiger partial charge in [-0.1, -0.05) is 29.9 Å². The third-order valence-electron chi connectivity index (χ3n) is 4.62. The van der Waals surface area contributed by atoms with Crippen LogP contribution in [0.1, 0.15) is 12.5 Å². The second-order valence-corrected chi connectivity index (χ2v) is 11.9. The lowest BCUT2D eigenvalue weighted by Gasteiger charge is -2.17. The highest BCUT2D eigenvalue weighted by molar-refractivity contribution is 7.94. The van der Waals surface area contributed by atoms with Crippen molar-refractivity contribution in [2.45, 2.75) is 18.7 Å². The van der Waals surface area contributed by atoms with Crippen LogP contribution in [0.15, 0.2) is 41.3 Å². The van der Waals surface area contributed by atoms with Gasteiger partial charge in [-0.15, -0.1) is 0 Å². The van der Waals surface area contributed by atoms with E-state index < -0.39 is 31.9 Å². The monoisotopic (exact) mass is 485 g/mol. The largest absolute Gasteiger partial charge is 0.273 e. The lowest BCUT2D eigenvalue weighted by molar-refractivity contribution is -0.119. The van der Waals surface area contributed by atoms with Gasteiger partial charge in [0.2, 0.25) is 15.9 Å². The summed E-state index contributed by atoms with van der Waals surface area (Å²) in [5.41, 5.74) is 1.03. The van der Waals surface area contributed by atoms with Gasteiger partial charge in [0.15, 0.2) is 5.13 Å². The molecule has 1 aromatic heterocycles. The van der Waals surface area contributed by atoms with Crippen LogP contribution in [0, 0.1) is 12.8 Å². The minimum atomic E-state index is -3.98. The number of hydrogen-bond donors (Lipinski definition) is 1. The number of halogens is 1. The SMILES string of the molecule is Cc1cc(N2C(=O)C(C)CS2(=O)=O)ccc1S(=O)(=O)Nc1nc2ccc(Cl)cc2s1. The molecule has 0 bridgehead atoms. The van der Waals surface area contributed by atoms with Crippen LogP contribution < -0.4 is 9.03 Å². The molecule has 1 aliphatic rings. The van der Waals surface area contributed by atoms with Crippen LogP contribution in [0.25, 0.3) is 10.2 Å². The average Bonchev–Trinajstić information content (AvgIpc) is 3.10. The first-order valence-corrected chi connectivity index (χ1v) is 13.0. The summed E-state index contributed by atoms with van der Waals surface area (Å²) in [6.45, 7) is 3.08. The fourth-order valence-corrected chi connectivity index (χ4v) is 7.68. The number of thiazole rings is 1. The molecule has 1 unspecified atom stereocenters. The van der Waals surface area contributed by atoms with Crippen molar-refractivity contribution in [2.75, 3.05) is 14.8 Å². The Morgan fingerprint density at radius 1 is 1.23 bits per heavy atom. The van der Waals surface area contributed by atoms with E-state index >= 15 is 0 Å². The number of carbonyl (C=O) groups is 1. The number of aryl methyl sites for hydroxylation is 1. The molecule has 2 heterocycles. The maximum Gasteiger partial charge on any atom is 0.263 e. The van der Waals surface area contributed by atoms with Gasteiger partial charge in [0.25, 0.3) is 10.0 Å². The molecule has 3 aromatic rings. The molecule has 1 fully saturated rings. The Morgan fingerprint density at radius 2 is 1.97 bits per heavy atom. The summed E-state index contributed by atoms with van der Waals surface area (Å²) in [6.07, 6.45) is 0. The Balaban J connectivity index is 1.67. The van der Waals surface area contributed by atoms with Crippen molar-refractivity contribution in [3.05, 3.63) is 47.0 Å². The third kappa shape index (κ3) is 3.66. The van der Waals surface area contributed by atoms with E-state index in [1.807, 2.05) is 0 Å². The number of rotatable bonds is 4. The molecular weight excluding hydrogens is 470 g/mol. The number of fused-ring (bicyclic) bond motifs is 1. The number of sulfonamides is 2. The van der Waals surface area contributed by atoms with Crippen LogP contribution in [0.4, 0.5) is 10.8 Å². The van der Waals surface area contributed by atoms with Crippen molar-refractivity contribution in [2.24, 2.45) is 5.92 Å². The smallest absolute Gasteiger partial charge is 0.263 e. The standard InChI is InChI=1S/C18H16ClN3O5S3/c1-10-7-13(22-17(23)11(2)9-29(22,24)25)4-6-16(10)30(26,27)21-18-20-14-5-3-12(19)8-15(14)28-18/h3-8,11H,9H2,1-2H3,(H,20,21). The maximum absolute atomic E-state index is 12.9. The number of aromatic nitrogens is 1. The van der Waals surface area contributed by atoms with E-state index in [0.717, 1.165) is 20.3 Å². The highest BCUT2D eigenvalue weighted by atomic mass is 35.5. The van der Waals surface area contributed by atoms with Crippen LogP contribution in [0.3, 0.4) is 0 Å². The number of amides is 1. The summed E-state index contributed by atoms with van der Waals surface area (Å²) in [4.78, 5) is 16.5. The molecule has 1 aliphatic heterocycles. The van der Waals surface area contributed by atoms with E-state index in [9.17, 15) is 21.6 Å². The fourth-order valence-electron chi connectivity index (χ4n) is 3.26. The molecule has 1 N–H and O–H groups in total. The molecule has 0 saturated carbocycles. The molecule has 1 amide bonds. The summed E-state index contributed by atoms with van der Waals surface area (Å²) in [7, 11) is -7.75. The molecule has 0 aliphatic carbocycles. The van der Waals surface area contributed by atoms with E-state index in [-0.39, 0.29) is 21.5 Å². The molecule has 1 atom stereocenters. The zero-order chi connectivity index (χ0) is 21.8. The van der Waals surface area contributed by atoms with Crippen LogP contribution in [-0.2, 0) is 24.8 Å². The molecule has 1 saturated heterocycles. The van der Waals surface area contributed by atoms with Gasteiger partial charge >= 0.3 is 0 Å². The number of nitrogens with zero attached hydrogens (tertiary/aromatic N) is 2. The predicted molar refractivity (Wildman–Crippen MR) is 117 cm³/mol. The second kappa shape index (κ2) is 7.19. The normalized spacial score (nSPS) is 18.8. The van der Waals surface area contributed by atoms with Gasteiger partial charge in [0.05, 0.1) is 32.5 Å². The minimum Gasteiger partial charge on any atom is -0.273 e. The highest BCUT2D eigenvalue weighted by Crippen LogP contribution is 2.33. The molecule has 158 valence electrons. The number of benzene rings is 2. The third-order valence-corrected chi connectivity index (χ3v) is 9.28. The number of hydrogen-bond acceptors (Lipinski definition) is 7. The van der Waals surface area contributed by atoms with Gasteiger partial charge in [0.1, 0.15) is 0 Å². The first-order chi connectivity index (χ1) is 14.0. The minimum absolute atomic E-state index is 0.0411. The van der Waals surface area contributed by atoms with Crippen molar-refractivity contribution >= 4 is 69.9 Å². The van der Waals surface area contributed by atoms with Gasteiger partial charge in [0, 0.05) is 5.02 Å². The summed E-state index contributed by atoms with van der Waals surface area (Å²) in [6, 6.07) is 9.02. The van der Waals surface area contributed by atoms with Crippen LogP contribution >= 0.6 is 22.9 Å². The van der Waals surface area contributed by atoms with Gasteiger partial charge in [-0.2, -0.15) is 0 Å². The fraction of sp³-hybridized carbons (Fsp3) is 0.222. The van der Waals surface area contributed by atoms with Gasteiger partial charge in [-0.3, -0.25) is 9.52 Å². The van der Waals surface area contributed by atoms with Crippen molar-refractivity contribution in [1.82, 2.24) is 4.98 Å². The molecule has 0 radical (unpaired) electrons. The number of anilines is 2. The lowest BCUT2D eigenvalue weighted by atomic mass is 10.2. The van der Waals surface area contributed by atoms with E-state index in [0.29, 0.717) is 16.1 Å². The van der Waals surface area contributed by atoms with Crippen LogP contribution in [-0.4, -0.2) is 33.5 Å². The number of nitrogens with one attached hydrogen (secondary N) is 1. The van der Waals surface area contributed by atoms with Crippen molar-refractivity contribution in [1.29, 1.82) is 0 Å². The second-order valence-electron chi connectivity index (χ2n) is 6.97. The Bertz CT molecular complexity index is 1400. The Kier molecular flexibility index (Phi) is 5.04. The van der Waals surface area contributed by atoms with Gasteiger partial charge < -0.3 is 0 Å². The van der Waals surface area contributed by atoms with Gasteiger partial charge in [-0.05, 0) is 48.9 Å². The quantitative estimate of drug-likeness (QED) is 0.606. The van der Waals surface area contributed by atoms with Crippen molar-refractivity contribution < 1.29 is 21.6 Å². The zero-order valence-corrected chi connectivity index (χ0v) is 19.0. The topological polar surface area (TPSA) is 114 Å².